The van der Waals surface area contributed by atoms with E-state index in [0.717, 1.165) is 5.56 Å². The Morgan fingerprint density at radius 2 is 2.22 bits per heavy atom. The van der Waals surface area contributed by atoms with Gasteiger partial charge in [0.25, 0.3) is 5.91 Å². The van der Waals surface area contributed by atoms with Crippen molar-refractivity contribution in [2.45, 2.75) is 19.0 Å². The molecule has 1 aliphatic rings. The second kappa shape index (κ2) is 6.56. The summed E-state index contributed by atoms with van der Waals surface area (Å²) in [4.78, 5) is 29.7. The molecule has 0 bridgehead atoms. The van der Waals surface area contributed by atoms with E-state index in [1.165, 1.54) is 18.3 Å². The fraction of sp³-hybridized carbons (Fsp3) is 0.235. The summed E-state index contributed by atoms with van der Waals surface area (Å²) in [7, 11) is 0. The van der Waals surface area contributed by atoms with Crippen LogP contribution in [-0.4, -0.2) is 34.3 Å². The Balaban J connectivity index is 1.60. The molecule has 0 saturated carbocycles. The zero-order valence-electron chi connectivity index (χ0n) is 12.4. The van der Waals surface area contributed by atoms with Gasteiger partial charge in [0.05, 0.1) is 11.6 Å². The van der Waals surface area contributed by atoms with Gasteiger partial charge in [0.1, 0.15) is 5.82 Å². The minimum Gasteiger partial charge on any atom is -0.347 e. The number of hydrogen-bond donors (Lipinski definition) is 1. The third-order valence-corrected chi connectivity index (χ3v) is 3.74. The van der Waals surface area contributed by atoms with Gasteiger partial charge in [-0.15, -0.1) is 0 Å². The number of hydrogen-bond acceptors (Lipinski definition) is 3. The van der Waals surface area contributed by atoms with Gasteiger partial charge in [-0.05, 0) is 29.8 Å². The highest BCUT2D eigenvalue weighted by atomic mass is 19.1. The van der Waals surface area contributed by atoms with Gasteiger partial charge >= 0.3 is 0 Å². The first-order chi connectivity index (χ1) is 11.1. The maximum Gasteiger partial charge on any atom is 0.253 e. The maximum atomic E-state index is 13.2. The van der Waals surface area contributed by atoms with Crippen LogP contribution in [0.2, 0.25) is 0 Å². The molecular formula is C17H16FN3O2. The molecule has 1 atom stereocenters. The molecule has 1 aromatic heterocycles. The van der Waals surface area contributed by atoms with E-state index in [0.29, 0.717) is 18.7 Å². The lowest BCUT2D eigenvalue weighted by molar-refractivity contribution is -0.128. The Kier molecular flexibility index (Phi) is 4.32. The van der Waals surface area contributed by atoms with E-state index in [4.69, 9.17) is 0 Å². The van der Waals surface area contributed by atoms with Gasteiger partial charge in [0.15, 0.2) is 0 Å². The van der Waals surface area contributed by atoms with Crippen LogP contribution in [0, 0.1) is 5.82 Å². The van der Waals surface area contributed by atoms with Crippen molar-refractivity contribution in [3.8, 4) is 0 Å². The lowest BCUT2D eigenvalue weighted by atomic mass is 10.2. The van der Waals surface area contributed by atoms with Crippen LogP contribution in [0.25, 0.3) is 0 Å². The summed E-state index contributed by atoms with van der Waals surface area (Å²) >= 11 is 0. The van der Waals surface area contributed by atoms with Crippen LogP contribution in [0.3, 0.4) is 0 Å². The molecule has 6 heteroatoms. The van der Waals surface area contributed by atoms with E-state index in [9.17, 15) is 14.0 Å². The molecule has 0 unspecified atom stereocenters. The Hall–Kier alpha value is -2.76. The quantitative estimate of drug-likeness (QED) is 0.935. The zero-order chi connectivity index (χ0) is 16.2. The molecule has 1 saturated heterocycles. The van der Waals surface area contributed by atoms with Crippen molar-refractivity contribution in [3.63, 3.8) is 0 Å². The Morgan fingerprint density at radius 3 is 2.96 bits per heavy atom. The number of rotatable bonds is 4. The first-order valence-corrected chi connectivity index (χ1v) is 7.35. The highest BCUT2D eigenvalue weighted by Crippen LogP contribution is 2.16. The maximum absolute atomic E-state index is 13.2. The van der Waals surface area contributed by atoms with E-state index in [1.54, 1.807) is 35.4 Å². The SMILES string of the molecule is O=C(N[C@@H]1CC(=O)N(Cc2cccc(F)c2)C1)c1cccnc1. The summed E-state index contributed by atoms with van der Waals surface area (Å²) in [5, 5.41) is 2.84. The van der Waals surface area contributed by atoms with Crippen molar-refractivity contribution in [1.29, 1.82) is 0 Å². The third-order valence-electron chi connectivity index (χ3n) is 3.74. The summed E-state index contributed by atoms with van der Waals surface area (Å²) in [6.07, 6.45) is 3.33. The first kappa shape index (κ1) is 15.1. The molecule has 1 N–H and O–H groups in total. The number of benzene rings is 1. The average Bonchev–Trinajstić information content (AvgIpc) is 2.87. The van der Waals surface area contributed by atoms with Gasteiger partial charge in [-0.25, -0.2) is 4.39 Å². The molecule has 0 aliphatic carbocycles. The molecule has 3 rings (SSSR count). The number of amides is 2. The van der Waals surface area contributed by atoms with Gasteiger partial charge in [-0.3, -0.25) is 14.6 Å². The van der Waals surface area contributed by atoms with Crippen molar-refractivity contribution in [2.24, 2.45) is 0 Å². The molecule has 1 aromatic carbocycles. The molecule has 0 spiro atoms. The normalized spacial score (nSPS) is 17.3. The smallest absolute Gasteiger partial charge is 0.253 e. The van der Waals surface area contributed by atoms with Crippen LogP contribution in [0.5, 0.6) is 0 Å². The largest absolute Gasteiger partial charge is 0.347 e. The molecule has 2 amide bonds. The molecule has 2 aromatic rings. The highest BCUT2D eigenvalue weighted by Gasteiger charge is 2.30. The number of carbonyl (C=O) groups is 2. The first-order valence-electron chi connectivity index (χ1n) is 7.35. The Bertz CT molecular complexity index is 721. The number of likely N-dealkylation sites (tertiary alicyclic amines) is 1. The molecule has 0 radical (unpaired) electrons. The number of halogens is 1. The molecular weight excluding hydrogens is 297 g/mol. The summed E-state index contributed by atoms with van der Waals surface area (Å²) in [5.41, 5.74) is 1.20. The lowest BCUT2D eigenvalue weighted by Gasteiger charge is -2.17. The molecule has 2 heterocycles. The minimum absolute atomic E-state index is 0.0502. The predicted octanol–water partition coefficient (Wildman–Crippen LogP) is 1.75. The second-order valence-electron chi connectivity index (χ2n) is 5.52. The summed E-state index contributed by atoms with van der Waals surface area (Å²) in [6, 6.07) is 9.28. The highest BCUT2D eigenvalue weighted by molar-refractivity contribution is 5.94. The average molecular weight is 313 g/mol. The number of aromatic nitrogens is 1. The molecule has 23 heavy (non-hydrogen) atoms. The van der Waals surface area contributed by atoms with Crippen molar-refractivity contribution in [2.75, 3.05) is 6.54 Å². The standard InChI is InChI=1S/C17H16FN3O2/c18-14-5-1-3-12(7-14)10-21-11-15(8-16(21)22)20-17(23)13-4-2-6-19-9-13/h1-7,9,15H,8,10-11H2,(H,20,23)/t15-/m1/s1. The van der Waals surface area contributed by atoms with Crippen LogP contribution < -0.4 is 5.32 Å². The van der Waals surface area contributed by atoms with E-state index in [2.05, 4.69) is 10.3 Å². The summed E-state index contributed by atoms with van der Waals surface area (Å²) in [5.74, 6) is -0.621. The number of nitrogens with zero attached hydrogens (tertiary/aromatic N) is 2. The van der Waals surface area contributed by atoms with Gasteiger partial charge in [-0.2, -0.15) is 0 Å². The Morgan fingerprint density at radius 1 is 1.35 bits per heavy atom. The van der Waals surface area contributed by atoms with Gasteiger partial charge < -0.3 is 10.2 Å². The topological polar surface area (TPSA) is 62.3 Å². The van der Waals surface area contributed by atoms with Crippen molar-refractivity contribution in [1.82, 2.24) is 15.2 Å². The van der Waals surface area contributed by atoms with E-state index in [1.807, 2.05) is 0 Å². The lowest BCUT2D eigenvalue weighted by Crippen LogP contribution is -2.37. The van der Waals surface area contributed by atoms with Crippen molar-refractivity contribution >= 4 is 11.8 Å². The second-order valence-corrected chi connectivity index (χ2v) is 5.52. The van der Waals surface area contributed by atoms with E-state index in [-0.39, 0.29) is 30.1 Å². The molecule has 118 valence electrons. The van der Waals surface area contributed by atoms with Gasteiger partial charge in [-0.1, -0.05) is 12.1 Å². The predicted molar refractivity (Wildman–Crippen MR) is 81.9 cm³/mol. The summed E-state index contributed by atoms with van der Waals surface area (Å²) in [6.45, 7) is 0.761. The number of pyridine rings is 1. The van der Waals surface area contributed by atoms with Crippen LogP contribution >= 0.6 is 0 Å². The minimum atomic E-state index is -0.324. The van der Waals surface area contributed by atoms with Crippen LogP contribution in [-0.2, 0) is 11.3 Å². The Labute approximate surface area is 133 Å². The van der Waals surface area contributed by atoms with Crippen LogP contribution in [0.15, 0.2) is 48.8 Å². The van der Waals surface area contributed by atoms with Crippen molar-refractivity contribution in [3.05, 3.63) is 65.7 Å². The number of nitrogens with one attached hydrogen (secondary N) is 1. The van der Waals surface area contributed by atoms with Crippen LogP contribution in [0.4, 0.5) is 4.39 Å². The zero-order valence-corrected chi connectivity index (χ0v) is 12.4. The van der Waals surface area contributed by atoms with E-state index >= 15 is 0 Å². The number of carbonyl (C=O) groups excluding carboxylic acids is 2. The summed E-state index contributed by atoms with van der Waals surface area (Å²) < 4.78 is 13.2. The van der Waals surface area contributed by atoms with Crippen LogP contribution in [0.1, 0.15) is 22.3 Å². The van der Waals surface area contributed by atoms with Gasteiger partial charge in [0.2, 0.25) is 5.91 Å². The fourth-order valence-corrected chi connectivity index (χ4v) is 2.64. The monoisotopic (exact) mass is 313 g/mol. The van der Waals surface area contributed by atoms with Crippen molar-refractivity contribution < 1.29 is 14.0 Å². The van der Waals surface area contributed by atoms with E-state index < -0.39 is 0 Å². The van der Waals surface area contributed by atoms with Gasteiger partial charge in [0, 0.05) is 31.9 Å². The molecule has 5 nitrogen and oxygen atoms in total. The third kappa shape index (κ3) is 3.71. The fourth-order valence-electron chi connectivity index (χ4n) is 2.64. The molecule has 1 aliphatic heterocycles. The molecule has 1 fully saturated rings.